The normalized spacial score (nSPS) is 10.9. The molecular formula is C20H16Cl2O4. The van der Waals surface area contributed by atoms with Crippen molar-refractivity contribution in [2.75, 3.05) is 0 Å². The Hall–Kier alpha value is -2.43. The van der Waals surface area contributed by atoms with Gasteiger partial charge in [0, 0.05) is 11.6 Å². The van der Waals surface area contributed by atoms with Gasteiger partial charge in [0.1, 0.15) is 28.7 Å². The monoisotopic (exact) mass is 390 g/mol. The van der Waals surface area contributed by atoms with Gasteiger partial charge < -0.3 is 14.6 Å². The van der Waals surface area contributed by atoms with Crippen LogP contribution in [-0.4, -0.2) is 10.2 Å². The first-order valence-corrected chi connectivity index (χ1v) is 8.63. The number of aromatic hydroxyl groups is 2. The highest BCUT2D eigenvalue weighted by Gasteiger charge is 2.18. The van der Waals surface area contributed by atoms with Crippen molar-refractivity contribution in [3.63, 3.8) is 0 Å². The van der Waals surface area contributed by atoms with Crippen LogP contribution < -0.4 is 5.43 Å². The quantitative estimate of drug-likeness (QED) is 0.563. The molecule has 26 heavy (non-hydrogen) atoms. The van der Waals surface area contributed by atoms with Crippen LogP contribution in [0.25, 0.3) is 22.1 Å². The zero-order valence-electron chi connectivity index (χ0n) is 14.1. The van der Waals surface area contributed by atoms with Crippen molar-refractivity contribution < 1.29 is 14.6 Å². The van der Waals surface area contributed by atoms with E-state index in [1.807, 2.05) is 19.9 Å². The van der Waals surface area contributed by atoms with Crippen LogP contribution in [0.5, 0.6) is 11.5 Å². The van der Waals surface area contributed by atoms with E-state index in [1.54, 1.807) is 18.2 Å². The predicted octanol–water partition coefficient (Wildman–Crippen LogP) is 5.69. The number of phenols is 2. The highest BCUT2D eigenvalue weighted by molar-refractivity contribution is 6.42. The van der Waals surface area contributed by atoms with Crippen molar-refractivity contribution in [1.82, 2.24) is 0 Å². The second-order valence-corrected chi connectivity index (χ2v) is 7.00. The smallest absolute Gasteiger partial charge is 0.204 e. The van der Waals surface area contributed by atoms with Gasteiger partial charge in [-0.25, -0.2) is 0 Å². The molecule has 2 aromatic carbocycles. The minimum Gasteiger partial charge on any atom is -0.507 e. The summed E-state index contributed by atoms with van der Waals surface area (Å²) in [6.07, 6.45) is 3.43. The second-order valence-electron chi connectivity index (χ2n) is 6.19. The van der Waals surface area contributed by atoms with Gasteiger partial charge in [-0.2, -0.15) is 0 Å². The summed E-state index contributed by atoms with van der Waals surface area (Å²) in [5.41, 5.74) is 1.76. The van der Waals surface area contributed by atoms with Crippen LogP contribution in [0.2, 0.25) is 10.0 Å². The molecule has 0 aliphatic rings. The molecule has 3 aromatic rings. The maximum Gasteiger partial charge on any atom is 0.204 e. The maximum absolute atomic E-state index is 13.0. The summed E-state index contributed by atoms with van der Waals surface area (Å²) in [6, 6.07) is 6.13. The Kier molecular flexibility index (Phi) is 4.99. The molecule has 1 aromatic heterocycles. The minimum absolute atomic E-state index is 0.0172. The standard InChI is InChI=1S/C20H16Cl2O4/c1-10(2)3-5-12-16(23)8-17-18(19(12)24)20(25)13(9-26-17)11-4-6-14(21)15(22)7-11/h3-4,6-9,23-24H,5H2,1-2H3. The van der Waals surface area contributed by atoms with Crippen molar-refractivity contribution in [3.05, 3.63) is 68.0 Å². The molecule has 0 radical (unpaired) electrons. The Balaban J connectivity index is 2.26. The number of hydrogen-bond donors (Lipinski definition) is 2. The van der Waals surface area contributed by atoms with Gasteiger partial charge in [0.25, 0.3) is 0 Å². The topological polar surface area (TPSA) is 70.7 Å². The molecule has 0 saturated heterocycles. The SMILES string of the molecule is CC(C)=CCc1c(O)cc2occ(-c3ccc(Cl)c(Cl)c3)c(=O)c2c1O. The van der Waals surface area contributed by atoms with Crippen LogP contribution in [-0.2, 0) is 6.42 Å². The van der Waals surface area contributed by atoms with Gasteiger partial charge in [0.05, 0.1) is 15.6 Å². The average molecular weight is 391 g/mol. The molecule has 134 valence electrons. The lowest BCUT2D eigenvalue weighted by atomic mass is 10.0. The Morgan fingerprint density at radius 1 is 1.15 bits per heavy atom. The minimum atomic E-state index is -0.416. The molecule has 0 aliphatic heterocycles. The van der Waals surface area contributed by atoms with Gasteiger partial charge in [-0.15, -0.1) is 0 Å². The fourth-order valence-electron chi connectivity index (χ4n) is 2.67. The maximum atomic E-state index is 13.0. The summed E-state index contributed by atoms with van der Waals surface area (Å²) in [7, 11) is 0. The number of halogens is 2. The van der Waals surface area contributed by atoms with E-state index in [2.05, 4.69) is 0 Å². The molecule has 3 rings (SSSR count). The van der Waals surface area contributed by atoms with E-state index in [4.69, 9.17) is 27.6 Å². The van der Waals surface area contributed by atoms with Crippen molar-refractivity contribution in [2.45, 2.75) is 20.3 Å². The van der Waals surface area contributed by atoms with Crippen molar-refractivity contribution >= 4 is 34.2 Å². The molecule has 0 unspecified atom stereocenters. The first kappa shape index (κ1) is 18.4. The molecule has 6 heteroatoms. The van der Waals surface area contributed by atoms with E-state index in [-0.39, 0.29) is 33.6 Å². The lowest BCUT2D eigenvalue weighted by molar-refractivity contribution is 0.442. The van der Waals surface area contributed by atoms with E-state index in [9.17, 15) is 15.0 Å². The van der Waals surface area contributed by atoms with E-state index < -0.39 is 5.43 Å². The van der Waals surface area contributed by atoms with Crippen LogP contribution in [0.1, 0.15) is 19.4 Å². The van der Waals surface area contributed by atoms with Crippen molar-refractivity contribution in [2.24, 2.45) is 0 Å². The van der Waals surface area contributed by atoms with Crippen LogP contribution in [0.4, 0.5) is 0 Å². The van der Waals surface area contributed by atoms with Gasteiger partial charge in [-0.3, -0.25) is 4.79 Å². The summed E-state index contributed by atoms with van der Waals surface area (Å²) in [6.45, 7) is 3.82. The van der Waals surface area contributed by atoms with Crippen molar-refractivity contribution in [1.29, 1.82) is 0 Å². The molecule has 4 nitrogen and oxygen atoms in total. The van der Waals surface area contributed by atoms with E-state index in [1.165, 1.54) is 12.3 Å². The molecule has 0 amide bonds. The van der Waals surface area contributed by atoms with Gasteiger partial charge in [-0.05, 0) is 38.0 Å². The van der Waals surface area contributed by atoms with E-state index in [0.29, 0.717) is 22.0 Å². The predicted molar refractivity (Wildman–Crippen MR) is 104 cm³/mol. The van der Waals surface area contributed by atoms with E-state index >= 15 is 0 Å². The van der Waals surface area contributed by atoms with E-state index in [0.717, 1.165) is 5.57 Å². The number of benzene rings is 2. The molecule has 0 fully saturated rings. The zero-order chi connectivity index (χ0) is 19.0. The number of allylic oxidation sites excluding steroid dienone is 2. The highest BCUT2D eigenvalue weighted by atomic mass is 35.5. The number of phenolic OH excluding ortho intramolecular Hbond substituents is 2. The Morgan fingerprint density at radius 2 is 1.88 bits per heavy atom. The van der Waals surface area contributed by atoms with Crippen LogP contribution in [0.15, 0.2) is 51.4 Å². The molecule has 1 heterocycles. The van der Waals surface area contributed by atoms with Gasteiger partial charge in [-0.1, -0.05) is 40.9 Å². The Labute approximate surface area is 159 Å². The lowest BCUT2D eigenvalue weighted by Gasteiger charge is -2.10. The fourth-order valence-corrected chi connectivity index (χ4v) is 2.96. The molecule has 0 bridgehead atoms. The lowest BCUT2D eigenvalue weighted by Crippen LogP contribution is -2.06. The fraction of sp³-hybridized carbons (Fsp3) is 0.150. The Morgan fingerprint density at radius 3 is 2.54 bits per heavy atom. The molecule has 2 N–H and O–H groups in total. The summed E-state index contributed by atoms with van der Waals surface area (Å²) < 4.78 is 5.48. The van der Waals surface area contributed by atoms with Crippen LogP contribution in [0.3, 0.4) is 0 Å². The van der Waals surface area contributed by atoms with Crippen LogP contribution >= 0.6 is 23.2 Å². The van der Waals surface area contributed by atoms with Crippen molar-refractivity contribution in [3.8, 4) is 22.6 Å². The summed E-state index contributed by atoms with van der Waals surface area (Å²) in [5, 5.41) is 21.5. The van der Waals surface area contributed by atoms with Gasteiger partial charge in [0.2, 0.25) is 5.43 Å². The first-order chi connectivity index (χ1) is 12.3. The molecule has 0 aliphatic carbocycles. The molecule has 0 spiro atoms. The molecule has 0 saturated carbocycles. The van der Waals surface area contributed by atoms with Crippen LogP contribution in [0, 0.1) is 0 Å². The number of rotatable bonds is 3. The summed E-state index contributed by atoms with van der Waals surface area (Å²) in [4.78, 5) is 13.0. The van der Waals surface area contributed by atoms with Gasteiger partial charge in [0.15, 0.2) is 0 Å². The number of hydrogen-bond acceptors (Lipinski definition) is 4. The third kappa shape index (κ3) is 3.30. The largest absolute Gasteiger partial charge is 0.507 e. The molecule has 0 atom stereocenters. The third-order valence-electron chi connectivity index (χ3n) is 4.07. The zero-order valence-corrected chi connectivity index (χ0v) is 15.6. The van der Waals surface area contributed by atoms with Gasteiger partial charge >= 0.3 is 0 Å². The average Bonchev–Trinajstić information content (AvgIpc) is 2.57. The first-order valence-electron chi connectivity index (χ1n) is 7.87. The summed E-state index contributed by atoms with van der Waals surface area (Å²) >= 11 is 11.9. The second kappa shape index (κ2) is 7.06. The summed E-state index contributed by atoms with van der Waals surface area (Å²) in [5.74, 6) is -0.411. The highest BCUT2D eigenvalue weighted by Crippen LogP contribution is 2.36. The Bertz CT molecular complexity index is 1090. The third-order valence-corrected chi connectivity index (χ3v) is 4.81. The number of fused-ring (bicyclic) bond motifs is 1. The molecular weight excluding hydrogens is 375 g/mol.